The second-order valence-corrected chi connectivity index (χ2v) is 5.60. The molecule has 0 saturated heterocycles. The molecule has 1 amide bonds. The van der Waals surface area contributed by atoms with Gasteiger partial charge in [0, 0.05) is 10.7 Å². The molecule has 0 spiro atoms. The Morgan fingerprint density at radius 2 is 2.18 bits per heavy atom. The van der Waals surface area contributed by atoms with Gasteiger partial charge in [0.1, 0.15) is 0 Å². The first-order chi connectivity index (χ1) is 7.84. The summed E-state index contributed by atoms with van der Waals surface area (Å²) in [6, 6.07) is 3.73. The molecule has 1 aromatic rings. The van der Waals surface area contributed by atoms with Crippen molar-refractivity contribution in [2.45, 2.75) is 11.8 Å². The first-order valence-electron chi connectivity index (χ1n) is 4.62. The summed E-state index contributed by atoms with van der Waals surface area (Å²) in [6.45, 7) is 1.88. The molecule has 0 atom stereocenters. The SMILES string of the molecule is CCOC(=O)Nc1ccc(S(=O)(=O)Cl)cc1N. The fourth-order valence-electron chi connectivity index (χ4n) is 1.08. The van der Waals surface area contributed by atoms with Crippen LogP contribution in [0.5, 0.6) is 0 Å². The number of amides is 1. The molecule has 0 aliphatic carbocycles. The fraction of sp³-hybridized carbons (Fsp3) is 0.222. The second-order valence-electron chi connectivity index (χ2n) is 3.03. The van der Waals surface area contributed by atoms with Gasteiger partial charge in [-0.15, -0.1) is 0 Å². The van der Waals surface area contributed by atoms with E-state index < -0.39 is 15.1 Å². The van der Waals surface area contributed by atoms with Crippen LogP contribution < -0.4 is 11.1 Å². The summed E-state index contributed by atoms with van der Waals surface area (Å²) in [5.41, 5.74) is 5.91. The molecule has 0 radical (unpaired) electrons. The number of carbonyl (C=O) groups is 1. The molecule has 0 heterocycles. The summed E-state index contributed by atoms with van der Waals surface area (Å²) in [4.78, 5) is 11.0. The summed E-state index contributed by atoms with van der Waals surface area (Å²) in [5, 5.41) is 2.37. The van der Waals surface area contributed by atoms with Gasteiger partial charge in [0.25, 0.3) is 9.05 Å². The Labute approximate surface area is 103 Å². The Kier molecular flexibility index (Phi) is 4.19. The number of nitrogens with one attached hydrogen (secondary N) is 1. The summed E-state index contributed by atoms with van der Waals surface area (Å²) in [6.07, 6.45) is -0.666. The predicted octanol–water partition coefficient (Wildman–Crippen LogP) is 1.76. The number of ether oxygens (including phenoxy) is 1. The molecule has 17 heavy (non-hydrogen) atoms. The average Bonchev–Trinajstić information content (AvgIpc) is 2.20. The topological polar surface area (TPSA) is 98.5 Å². The number of carbonyl (C=O) groups excluding carboxylic acids is 1. The first-order valence-corrected chi connectivity index (χ1v) is 6.93. The zero-order chi connectivity index (χ0) is 13.1. The van der Waals surface area contributed by atoms with Gasteiger partial charge in [-0.25, -0.2) is 13.2 Å². The van der Waals surface area contributed by atoms with Crippen LogP contribution in [0.1, 0.15) is 6.92 Å². The van der Waals surface area contributed by atoms with Crippen molar-refractivity contribution in [2.75, 3.05) is 17.7 Å². The molecule has 0 aliphatic heterocycles. The van der Waals surface area contributed by atoms with Gasteiger partial charge in [-0.2, -0.15) is 0 Å². The smallest absolute Gasteiger partial charge is 0.411 e. The van der Waals surface area contributed by atoms with Gasteiger partial charge in [-0.3, -0.25) is 5.32 Å². The molecule has 6 nitrogen and oxygen atoms in total. The Morgan fingerprint density at radius 1 is 1.53 bits per heavy atom. The highest BCUT2D eigenvalue weighted by atomic mass is 35.7. The molecule has 0 saturated carbocycles. The molecule has 0 fully saturated rings. The van der Waals surface area contributed by atoms with Crippen LogP contribution in [0.25, 0.3) is 0 Å². The molecule has 0 aromatic heterocycles. The quantitative estimate of drug-likeness (QED) is 0.648. The van der Waals surface area contributed by atoms with Crippen molar-refractivity contribution in [3.05, 3.63) is 18.2 Å². The van der Waals surface area contributed by atoms with Crippen LogP contribution in [-0.2, 0) is 13.8 Å². The van der Waals surface area contributed by atoms with Gasteiger partial charge in [-0.1, -0.05) is 0 Å². The van der Waals surface area contributed by atoms with Crippen LogP contribution in [0.3, 0.4) is 0 Å². The van der Waals surface area contributed by atoms with E-state index in [4.69, 9.17) is 16.4 Å². The van der Waals surface area contributed by atoms with Crippen molar-refractivity contribution in [1.29, 1.82) is 0 Å². The lowest BCUT2D eigenvalue weighted by molar-refractivity contribution is 0.168. The number of benzene rings is 1. The number of nitrogens with two attached hydrogens (primary N) is 1. The van der Waals surface area contributed by atoms with E-state index in [1.54, 1.807) is 6.92 Å². The minimum atomic E-state index is -3.83. The van der Waals surface area contributed by atoms with Gasteiger partial charge >= 0.3 is 6.09 Å². The lowest BCUT2D eigenvalue weighted by Crippen LogP contribution is -2.14. The van der Waals surface area contributed by atoms with E-state index >= 15 is 0 Å². The maximum Gasteiger partial charge on any atom is 0.411 e. The van der Waals surface area contributed by atoms with Crippen molar-refractivity contribution in [3.8, 4) is 0 Å². The normalized spacial score (nSPS) is 10.9. The predicted molar refractivity (Wildman–Crippen MR) is 64.5 cm³/mol. The summed E-state index contributed by atoms with van der Waals surface area (Å²) in [5.74, 6) is 0. The first kappa shape index (κ1) is 13.6. The van der Waals surface area contributed by atoms with Crippen molar-refractivity contribution < 1.29 is 17.9 Å². The van der Waals surface area contributed by atoms with E-state index in [1.165, 1.54) is 12.1 Å². The lowest BCUT2D eigenvalue weighted by Gasteiger charge is -2.08. The minimum Gasteiger partial charge on any atom is -0.450 e. The molecule has 94 valence electrons. The molecule has 0 bridgehead atoms. The number of hydrogen-bond acceptors (Lipinski definition) is 5. The van der Waals surface area contributed by atoms with Crippen LogP contribution in [0.2, 0.25) is 0 Å². The number of nitrogen functional groups attached to an aromatic ring is 1. The minimum absolute atomic E-state index is 0.0831. The molecular weight excluding hydrogens is 268 g/mol. The number of hydrogen-bond donors (Lipinski definition) is 2. The van der Waals surface area contributed by atoms with Crippen molar-refractivity contribution >= 4 is 37.2 Å². The Hall–Kier alpha value is -1.47. The van der Waals surface area contributed by atoms with E-state index in [9.17, 15) is 13.2 Å². The largest absolute Gasteiger partial charge is 0.450 e. The molecule has 0 unspecified atom stereocenters. The van der Waals surface area contributed by atoms with Crippen LogP contribution in [0.15, 0.2) is 23.1 Å². The molecule has 0 aliphatic rings. The maximum atomic E-state index is 11.1. The standard InChI is InChI=1S/C9H11ClN2O4S/c1-2-16-9(13)12-8-4-3-6(5-7(8)11)17(10,14)15/h3-5H,2,11H2,1H3,(H,12,13). The van der Waals surface area contributed by atoms with Crippen LogP contribution in [-0.4, -0.2) is 21.1 Å². The average molecular weight is 279 g/mol. The molecule has 1 rings (SSSR count). The monoisotopic (exact) mass is 278 g/mol. The number of halogens is 1. The van der Waals surface area contributed by atoms with E-state index in [-0.39, 0.29) is 22.9 Å². The fourth-order valence-corrected chi connectivity index (χ4v) is 1.87. The van der Waals surface area contributed by atoms with E-state index in [1.807, 2.05) is 0 Å². The molecule has 8 heteroatoms. The Morgan fingerprint density at radius 3 is 2.65 bits per heavy atom. The summed E-state index contributed by atoms with van der Waals surface area (Å²) >= 11 is 0. The highest BCUT2D eigenvalue weighted by Crippen LogP contribution is 2.24. The summed E-state index contributed by atoms with van der Waals surface area (Å²) < 4.78 is 26.7. The van der Waals surface area contributed by atoms with Gasteiger partial charge < -0.3 is 10.5 Å². The molecular formula is C9H11ClN2O4S. The summed E-state index contributed by atoms with van der Waals surface area (Å²) in [7, 11) is 1.31. The van der Waals surface area contributed by atoms with Crippen LogP contribution >= 0.6 is 10.7 Å². The van der Waals surface area contributed by atoms with E-state index in [0.29, 0.717) is 0 Å². The third-order valence-corrected chi connectivity index (χ3v) is 3.17. The lowest BCUT2D eigenvalue weighted by atomic mass is 10.3. The van der Waals surface area contributed by atoms with Crippen molar-refractivity contribution in [2.24, 2.45) is 0 Å². The van der Waals surface area contributed by atoms with E-state index in [2.05, 4.69) is 10.1 Å². The van der Waals surface area contributed by atoms with Crippen LogP contribution in [0.4, 0.5) is 16.2 Å². The third-order valence-electron chi connectivity index (χ3n) is 1.82. The third kappa shape index (κ3) is 3.79. The van der Waals surface area contributed by atoms with Gasteiger partial charge in [0.05, 0.1) is 22.9 Å². The second kappa shape index (κ2) is 5.24. The van der Waals surface area contributed by atoms with Crippen molar-refractivity contribution in [1.82, 2.24) is 0 Å². The zero-order valence-electron chi connectivity index (χ0n) is 8.94. The van der Waals surface area contributed by atoms with Crippen LogP contribution in [0, 0.1) is 0 Å². The highest BCUT2D eigenvalue weighted by Gasteiger charge is 2.13. The highest BCUT2D eigenvalue weighted by molar-refractivity contribution is 8.13. The van der Waals surface area contributed by atoms with E-state index in [0.717, 1.165) is 6.07 Å². The Bertz CT molecular complexity index is 530. The van der Waals surface area contributed by atoms with Crippen molar-refractivity contribution in [3.63, 3.8) is 0 Å². The maximum absolute atomic E-state index is 11.1. The van der Waals surface area contributed by atoms with Gasteiger partial charge in [-0.05, 0) is 25.1 Å². The zero-order valence-corrected chi connectivity index (χ0v) is 10.5. The van der Waals surface area contributed by atoms with Gasteiger partial charge in [0.15, 0.2) is 0 Å². The molecule has 1 aromatic carbocycles. The number of rotatable bonds is 3. The van der Waals surface area contributed by atoms with Gasteiger partial charge in [0.2, 0.25) is 0 Å². The number of anilines is 2. The molecule has 3 N–H and O–H groups in total. The Balaban J connectivity index is 2.95.